The van der Waals surface area contributed by atoms with Crippen molar-refractivity contribution in [2.75, 3.05) is 24.1 Å². The summed E-state index contributed by atoms with van der Waals surface area (Å²) in [6, 6.07) is 4.29. The van der Waals surface area contributed by atoms with Crippen molar-refractivity contribution in [2.24, 2.45) is 7.05 Å². The predicted octanol–water partition coefficient (Wildman–Crippen LogP) is 3.48. The minimum absolute atomic E-state index is 0.0214. The van der Waals surface area contributed by atoms with Gasteiger partial charge in [0.1, 0.15) is 17.8 Å². The number of carbonyl (C=O) groups is 1. The molecule has 12 heteroatoms. The van der Waals surface area contributed by atoms with Gasteiger partial charge >= 0.3 is 12.3 Å². The summed E-state index contributed by atoms with van der Waals surface area (Å²) in [7, 11) is 1.53. The van der Waals surface area contributed by atoms with Gasteiger partial charge in [-0.25, -0.2) is 14.8 Å². The summed E-state index contributed by atoms with van der Waals surface area (Å²) in [5, 5.41) is 12.8. The molecule has 1 unspecified atom stereocenters. The Kier molecular flexibility index (Phi) is 5.67. The fourth-order valence-corrected chi connectivity index (χ4v) is 3.89. The van der Waals surface area contributed by atoms with Crippen molar-refractivity contribution in [3.8, 4) is 0 Å². The molecule has 0 saturated carbocycles. The average Bonchev–Trinajstić information content (AvgIpc) is 3.26. The number of carboxylic acid groups (broad SMARTS) is 1. The average molecular weight is 474 g/mol. The highest BCUT2D eigenvalue weighted by molar-refractivity contribution is 5.90. The molecule has 0 bridgehead atoms. The van der Waals surface area contributed by atoms with E-state index in [9.17, 15) is 27.9 Å². The van der Waals surface area contributed by atoms with Gasteiger partial charge < -0.3 is 21.1 Å². The molecule has 4 rings (SSSR count). The third-order valence-corrected chi connectivity index (χ3v) is 5.70. The number of nitrogens with one attached hydrogen (secondary N) is 1. The summed E-state index contributed by atoms with van der Waals surface area (Å²) < 4.78 is 41.0. The van der Waals surface area contributed by atoms with Crippen molar-refractivity contribution in [1.82, 2.24) is 19.4 Å². The molecule has 1 aromatic carbocycles. The molecule has 0 aliphatic carbocycles. The first-order valence-electron chi connectivity index (χ1n) is 10.2. The van der Waals surface area contributed by atoms with E-state index >= 15 is 0 Å². The van der Waals surface area contributed by atoms with E-state index in [1.807, 2.05) is 0 Å². The van der Waals surface area contributed by atoms with Gasteiger partial charge in [0, 0.05) is 31.4 Å². The highest BCUT2D eigenvalue weighted by Crippen LogP contribution is 2.34. The Morgan fingerprint density at radius 1 is 1.24 bits per heavy atom. The molecule has 0 fully saturated rings. The van der Waals surface area contributed by atoms with Crippen LogP contribution in [0.15, 0.2) is 41.5 Å². The predicted molar refractivity (Wildman–Crippen MR) is 120 cm³/mol. The zero-order chi connectivity index (χ0) is 24.8. The van der Waals surface area contributed by atoms with Crippen molar-refractivity contribution in [1.29, 1.82) is 0 Å². The molecule has 0 spiro atoms. The number of aryl methyl sites for hydroxylation is 1. The largest absolute Gasteiger partial charge is 0.465 e. The molecule has 0 saturated heterocycles. The van der Waals surface area contributed by atoms with Crippen molar-refractivity contribution in [3.63, 3.8) is 0 Å². The fraction of sp³-hybridized carbons (Fsp3) is 0.273. The summed E-state index contributed by atoms with van der Waals surface area (Å²) in [4.78, 5) is 33.8. The lowest BCUT2D eigenvalue weighted by atomic mass is 10.0. The second kappa shape index (κ2) is 8.36. The van der Waals surface area contributed by atoms with Crippen LogP contribution in [0, 0.1) is 0 Å². The summed E-state index contributed by atoms with van der Waals surface area (Å²) in [6.45, 7) is 1.89. The number of nitrogens with two attached hydrogens (primary N) is 1. The second-order valence-corrected chi connectivity index (χ2v) is 8.03. The lowest BCUT2D eigenvalue weighted by Crippen LogP contribution is -2.28. The topological polar surface area (TPSA) is 126 Å². The van der Waals surface area contributed by atoms with Crippen molar-refractivity contribution >= 4 is 34.2 Å². The monoisotopic (exact) mass is 474 g/mol. The van der Waals surface area contributed by atoms with Crippen molar-refractivity contribution in [3.05, 3.63) is 63.7 Å². The number of nitrogens with zero attached hydrogens (tertiary/aromatic N) is 4. The SMILES string of the molecule is CC(Nc1ncnc2c1cc(C1=CCN(C(=O)O)C1)c(=O)n2C)c1cc(N)cc(C(F)(F)F)c1. The molecule has 178 valence electrons. The van der Waals surface area contributed by atoms with Crippen LogP contribution in [0.2, 0.25) is 0 Å². The van der Waals surface area contributed by atoms with Crippen LogP contribution in [-0.4, -0.2) is 43.7 Å². The Bertz CT molecular complexity index is 1380. The molecule has 1 atom stereocenters. The number of hydrogen-bond acceptors (Lipinski definition) is 6. The zero-order valence-electron chi connectivity index (χ0n) is 18.2. The smallest absolute Gasteiger partial charge is 0.416 e. The minimum Gasteiger partial charge on any atom is -0.465 e. The van der Waals surface area contributed by atoms with Crippen LogP contribution in [0.1, 0.15) is 29.7 Å². The maximum absolute atomic E-state index is 13.2. The Labute approximate surface area is 191 Å². The molecule has 4 N–H and O–H groups in total. The van der Waals surface area contributed by atoms with Crippen LogP contribution in [0.4, 0.5) is 29.5 Å². The first kappa shape index (κ1) is 23.1. The number of alkyl halides is 3. The lowest BCUT2D eigenvalue weighted by molar-refractivity contribution is -0.137. The number of halogens is 3. The number of fused-ring (bicyclic) bond motifs is 1. The first-order chi connectivity index (χ1) is 16.0. The van der Waals surface area contributed by atoms with E-state index in [0.29, 0.717) is 33.6 Å². The maximum Gasteiger partial charge on any atom is 0.416 e. The molecular weight excluding hydrogens is 453 g/mol. The van der Waals surface area contributed by atoms with E-state index in [1.165, 1.54) is 28.9 Å². The normalized spacial score (nSPS) is 14.9. The number of rotatable bonds is 4. The van der Waals surface area contributed by atoms with E-state index in [1.54, 1.807) is 19.1 Å². The Morgan fingerprint density at radius 2 is 1.97 bits per heavy atom. The molecular formula is C22H21F3N6O3. The maximum atomic E-state index is 13.2. The summed E-state index contributed by atoms with van der Waals surface area (Å²) in [6.07, 6.45) is -2.72. The van der Waals surface area contributed by atoms with Gasteiger partial charge in [0.25, 0.3) is 5.56 Å². The summed E-state index contributed by atoms with van der Waals surface area (Å²) >= 11 is 0. The number of anilines is 2. The van der Waals surface area contributed by atoms with Gasteiger partial charge in [-0.15, -0.1) is 0 Å². The standard InChI is InChI=1S/C22H21F3N6O3/c1-11(13-5-14(22(23,24)25)7-15(26)6-13)29-18-17-8-16(12-3-4-31(9-12)21(33)34)20(32)30(2)19(17)28-10-27-18/h3,5-8,10-11H,4,9,26H2,1-2H3,(H,33,34)(H,27,28,29). The zero-order valence-corrected chi connectivity index (χ0v) is 18.2. The summed E-state index contributed by atoms with van der Waals surface area (Å²) in [5.41, 5.74) is 5.94. The van der Waals surface area contributed by atoms with Crippen LogP contribution in [-0.2, 0) is 13.2 Å². The number of amides is 1. The molecule has 1 aliphatic heterocycles. The molecule has 0 radical (unpaired) electrons. The fourth-order valence-electron chi connectivity index (χ4n) is 3.89. The van der Waals surface area contributed by atoms with Crippen LogP contribution in [0.5, 0.6) is 0 Å². The van der Waals surface area contributed by atoms with Gasteiger partial charge in [-0.2, -0.15) is 13.2 Å². The molecule has 3 heterocycles. The third-order valence-electron chi connectivity index (χ3n) is 5.70. The van der Waals surface area contributed by atoms with E-state index < -0.39 is 23.9 Å². The Balaban J connectivity index is 1.74. The number of nitrogen functional groups attached to an aromatic ring is 1. The molecule has 1 amide bonds. The van der Waals surface area contributed by atoms with E-state index in [-0.39, 0.29) is 24.3 Å². The van der Waals surface area contributed by atoms with Crippen LogP contribution >= 0.6 is 0 Å². The number of aromatic nitrogens is 3. The van der Waals surface area contributed by atoms with Crippen LogP contribution < -0.4 is 16.6 Å². The van der Waals surface area contributed by atoms with Crippen LogP contribution in [0.3, 0.4) is 0 Å². The quantitative estimate of drug-likeness (QED) is 0.494. The Morgan fingerprint density at radius 3 is 2.62 bits per heavy atom. The number of pyridine rings is 1. The van der Waals surface area contributed by atoms with E-state index in [2.05, 4.69) is 15.3 Å². The third kappa shape index (κ3) is 4.26. The molecule has 9 nitrogen and oxygen atoms in total. The van der Waals surface area contributed by atoms with Crippen LogP contribution in [0.25, 0.3) is 16.6 Å². The number of benzene rings is 1. The van der Waals surface area contributed by atoms with E-state index in [4.69, 9.17) is 5.73 Å². The molecule has 3 aromatic rings. The molecule has 34 heavy (non-hydrogen) atoms. The first-order valence-corrected chi connectivity index (χ1v) is 10.2. The van der Waals surface area contributed by atoms with Gasteiger partial charge in [0.05, 0.1) is 17.0 Å². The van der Waals surface area contributed by atoms with Gasteiger partial charge in [-0.1, -0.05) is 6.08 Å². The van der Waals surface area contributed by atoms with Crippen molar-refractivity contribution < 1.29 is 23.1 Å². The summed E-state index contributed by atoms with van der Waals surface area (Å²) in [5.74, 6) is 0.305. The van der Waals surface area contributed by atoms with Crippen molar-refractivity contribution in [2.45, 2.75) is 19.1 Å². The highest BCUT2D eigenvalue weighted by atomic mass is 19.4. The number of hydrogen-bond donors (Lipinski definition) is 3. The second-order valence-electron chi connectivity index (χ2n) is 8.03. The Hall–Kier alpha value is -4.09. The van der Waals surface area contributed by atoms with Gasteiger partial charge in [0.2, 0.25) is 0 Å². The van der Waals surface area contributed by atoms with Gasteiger partial charge in [-0.05, 0) is 42.3 Å². The lowest BCUT2D eigenvalue weighted by Gasteiger charge is -2.19. The molecule has 1 aliphatic rings. The van der Waals surface area contributed by atoms with Gasteiger partial charge in [0.15, 0.2) is 0 Å². The van der Waals surface area contributed by atoms with E-state index in [0.717, 1.165) is 12.1 Å². The minimum atomic E-state index is -4.54. The van der Waals surface area contributed by atoms with Gasteiger partial charge in [-0.3, -0.25) is 9.36 Å². The highest BCUT2D eigenvalue weighted by Gasteiger charge is 2.31. The molecule has 2 aromatic heterocycles.